The first-order valence-corrected chi connectivity index (χ1v) is 12.6. The standard InChI is InChI=1S/C22H36N4O3S/c1-19-16-20(2)18-24(17-19)14-15-26(30(28,29)21-6-4-3-5-7-21)11-8-22(27)25-12-9-23-10-13-25/h3-7,19-20,23H,8-18H2,1-2H3. The Balaban J connectivity index is 1.67. The molecule has 2 aliphatic rings. The molecule has 1 aromatic carbocycles. The molecule has 2 saturated heterocycles. The molecule has 7 nitrogen and oxygen atoms in total. The molecule has 1 N–H and O–H groups in total. The Hall–Kier alpha value is -1.48. The summed E-state index contributed by atoms with van der Waals surface area (Å²) >= 11 is 0. The van der Waals surface area contributed by atoms with Gasteiger partial charge in [0, 0.05) is 65.3 Å². The monoisotopic (exact) mass is 436 g/mol. The van der Waals surface area contributed by atoms with Gasteiger partial charge in [-0.1, -0.05) is 32.0 Å². The fraction of sp³-hybridized carbons (Fsp3) is 0.682. The molecular formula is C22H36N4O3S. The normalized spacial score (nSPS) is 23.6. The quantitative estimate of drug-likeness (QED) is 0.668. The Morgan fingerprint density at radius 1 is 1.07 bits per heavy atom. The first kappa shape index (κ1) is 23.2. The minimum Gasteiger partial charge on any atom is -0.340 e. The molecule has 168 valence electrons. The van der Waals surface area contributed by atoms with Crippen molar-refractivity contribution in [2.24, 2.45) is 11.8 Å². The highest BCUT2D eigenvalue weighted by Crippen LogP contribution is 2.21. The lowest BCUT2D eigenvalue weighted by Crippen LogP contribution is -2.48. The third-order valence-corrected chi connectivity index (χ3v) is 7.95. The van der Waals surface area contributed by atoms with Gasteiger partial charge in [0.1, 0.15) is 0 Å². The van der Waals surface area contributed by atoms with Gasteiger partial charge >= 0.3 is 0 Å². The summed E-state index contributed by atoms with van der Waals surface area (Å²) in [4.78, 5) is 17.1. The van der Waals surface area contributed by atoms with Gasteiger partial charge in [0.2, 0.25) is 15.9 Å². The van der Waals surface area contributed by atoms with Gasteiger partial charge < -0.3 is 15.1 Å². The number of amides is 1. The van der Waals surface area contributed by atoms with Crippen molar-refractivity contribution in [2.45, 2.75) is 31.6 Å². The van der Waals surface area contributed by atoms with Gasteiger partial charge in [0.25, 0.3) is 0 Å². The summed E-state index contributed by atoms with van der Waals surface area (Å²) in [5.74, 6) is 1.29. The molecule has 2 atom stereocenters. The predicted molar refractivity (Wildman–Crippen MR) is 119 cm³/mol. The number of nitrogens with one attached hydrogen (secondary N) is 1. The third-order valence-electron chi connectivity index (χ3n) is 6.04. The Labute approximate surface area is 181 Å². The first-order chi connectivity index (χ1) is 14.4. The van der Waals surface area contributed by atoms with Crippen molar-refractivity contribution in [1.29, 1.82) is 0 Å². The van der Waals surface area contributed by atoms with E-state index < -0.39 is 10.0 Å². The molecule has 3 rings (SSSR count). The van der Waals surface area contributed by atoms with Gasteiger partial charge in [-0.2, -0.15) is 4.31 Å². The molecule has 0 bridgehead atoms. The van der Waals surface area contributed by atoms with E-state index in [1.807, 2.05) is 11.0 Å². The van der Waals surface area contributed by atoms with Crippen LogP contribution in [0.5, 0.6) is 0 Å². The molecule has 30 heavy (non-hydrogen) atoms. The summed E-state index contributed by atoms with van der Waals surface area (Å²) < 4.78 is 28.1. The summed E-state index contributed by atoms with van der Waals surface area (Å²) in [5, 5.41) is 3.24. The maximum absolute atomic E-state index is 13.3. The molecule has 2 unspecified atom stereocenters. The Morgan fingerprint density at radius 3 is 2.33 bits per heavy atom. The van der Waals surface area contributed by atoms with Crippen molar-refractivity contribution in [2.75, 3.05) is 58.9 Å². The van der Waals surface area contributed by atoms with Crippen LogP contribution in [-0.2, 0) is 14.8 Å². The van der Waals surface area contributed by atoms with Gasteiger partial charge in [-0.05, 0) is 30.4 Å². The van der Waals surface area contributed by atoms with E-state index in [0.29, 0.717) is 42.9 Å². The van der Waals surface area contributed by atoms with E-state index in [-0.39, 0.29) is 18.9 Å². The second-order valence-corrected chi connectivity index (χ2v) is 10.7. The minimum absolute atomic E-state index is 0.0324. The largest absolute Gasteiger partial charge is 0.340 e. The SMILES string of the molecule is CC1CC(C)CN(CCN(CCC(=O)N2CCNCC2)S(=O)(=O)c2ccccc2)C1. The summed E-state index contributed by atoms with van der Waals surface area (Å²) in [6, 6.07) is 8.56. The highest BCUT2D eigenvalue weighted by molar-refractivity contribution is 7.89. The van der Waals surface area contributed by atoms with E-state index in [9.17, 15) is 13.2 Å². The van der Waals surface area contributed by atoms with Crippen molar-refractivity contribution in [3.05, 3.63) is 30.3 Å². The fourth-order valence-electron chi connectivity index (χ4n) is 4.61. The van der Waals surface area contributed by atoms with Crippen molar-refractivity contribution >= 4 is 15.9 Å². The molecule has 2 fully saturated rings. The van der Waals surface area contributed by atoms with Gasteiger partial charge in [-0.25, -0.2) is 8.42 Å². The van der Waals surface area contributed by atoms with Crippen molar-refractivity contribution < 1.29 is 13.2 Å². The fourth-order valence-corrected chi connectivity index (χ4v) is 6.07. The van der Waals surface area contributed by atoms with Crippen LogP contribution in [0, 0.1) is 11.8 Å². The zero-order chi connectivity index (χ0) is 21.6. The number of piperidine rings is 1. The zero-order valence-electron chi connectivity index (χ0n) is 18.3. The van der Waals surface area contributed by atoms with Crippen LogP contribution < -0.4 is 5.32 Å². The van der Waals surface area contributed by atoms with Crippen LogP contribution in [0.4, 0.5) is 0 Å². The number of sulfonamides is 1. The van der Waals surface area contributed by atoms with Crippen LogP contribution in [0.25, 0.3) is 0 Å². The molecule has 0 spiro atoms. The van der Waals surface area contributed by atoms with Crippen LogP contribution >= 0.6 is 0 Å². The second-order valence-electron chi connectivity index (χ2n) is 8.80. The van der Waals surface area contributed by atoms with Crippen LogP contribution in [-0.4, -0.2) is 87.3 Å². The molecule has 0 aliphatic carbocycles. The highest BCUT2D eigenvalue weighted by Gasteiger charge is 2.28. The van der Waals surface area contributed by atoms with Crippen LogP contribution in [0.2, 0.25) is 0 Å². The Bertz CT molecular complexity index is 771. The predicted octanol–water partition coefficient (Wildman–Crippen LogP) is 1.48. The average Bonchev–Trinajstić information content (AvgIpc) is 2.74. The molecule has 0 radical (unpaired) electrons. The number of hydrogen-bond donors (Lipinski definition) is 1. The molecule has 0 aromatic heterocycles. The zero-order valence-corrected chi connectivity index (χ0v) is 19.1. The van der Waals surface area contributed by atoms with Crippen LogP contribution in [0.15, 0.2) is 35.2 Å². The molecule has 1 aromatic rings. The van der Waals surface area contributed by atoms with Crippen molar-refractivity contribution in [3.63, 3.8) is 0 Å². The van der Waals surface area contributed by atoms with E-state index in [4.69, 9.17) is 0 Å². The van der Waals surface area contributed by atoms with Gasteiger partial charge in [-0.3, -0.25) is 4.79 Å². The Morgan fingerprint density at radius 2 is 1.70 bits per heavy atom. The summed E-state index contributed by atoms with van der Waals surface area (Å²) in [6.07, 6.45) is 1.45. The minimum atomic E-state index is -3.63. The molecule has 1 amide bonds. The number of rotatable bonds is 8. The maximum Gasteiger partial charge on any atom is 0.243 e. The average molecular weight is 437 g/mol. The third kappa shape index (κ3) is 6.26. The van der Waals surface area contributed by atoms with Gasteiger partial charge in [0.15, 0.2) is 0 Å². The van der Waals surface area contributed by atoms with E-state index in [1.165, 1.54) is 10.7 Å². The lowest BCUT2D eigenvalue weighted by atomic mass is 9.92. The van der Waals surface area contributed by atoms with Crippen LogP contribution in [0.3, 0.4) is 0 Å². The number of nitrogens with zero attached hydrogens (tertiary/aromatic N) is 3. The first-order valence-electron chi connectivity index (χ1n) is 11.1. The lowest BCUT2D eigenvalue weighted by Gasteiger charge is -2.36. The number of carbonyl (C=O) groups excluding carboxylic acids is 1. The smallest absolute Gasteiger partial charge is 0.243 e. The van der Waals surface area contributed by atoms with E-state index in [0.717, 1.165) is 26.2 Å². The van der Waals surface area contributed by atoms with Crippen molar-refractivity contribution in [1.82, 2.24) is 19.4 Å². The number of benzene rings is 1. The molecular weight excluding hydrogens is 400 g/mol. The topological polar surface area (TPSA) is 73.0 Å². The van der Waals surface area contributed by atoms with E-state index >= 15 is 0 Å². The summed E-state index contributed by atoms with van der Waals surface area (Å²) in [6.45, 7) is 10.8. The molecule has 0 saturated carbocycles. The molecule has 2 aliphatic heterocycles. The van der Waals surface area contributed by atoms with Crippen LogP contribution in [0.1, 0.15) is 26.7 Å². The number of carbonyl (C=O) groups is 1. The maximum atomic E-state index is 13.3. The van der Waals surface area contributed by atoms with Gasteiger partial charge in [0.05, 0.1) is 4.90 Å². The van der Waals surface area contributed by atoms with Gasteiger partial charge in [-0.15, -0.1) is 0 Å². The van der Waals surface area contributed by atoms with E-state index in [2.05, 4.69) is 24.1 Å². The van der Waals surface area contributed by atoms with E-state index in [1.54, 1.807) is 24.3 Å². The number of likely N-dealkylation sites (tertiary alicyclic amines) is 1. The van der Waals surface area contributed by atoms with Crippen molar-refractivity contribution in [3.8, 4) is 0 Å². The summed E-state index contributed by atoms with van der Waals surface area (Å²) in [5.41, 5.74) is 0. The Kier molecular flexibility index (Phi) is 8.27. The number of piperazine rings is 1. The summed E-state index contributed by atoms with van der Waals surface area (Å²) in [7, 11) is -3.63. The number of hydrogen-bond acceptors (Lipinski definition) is 5. The molecule has 2 heterocycles. The second kappa shape index (κ2) is 10.7. The molecule has 8 heteroatoms. The lowest BCUT2D eigenvalue weighted by molar-refractivity contribution is -0.131. The highest BCUT2D eigenvalue weighted by atomic mass is 32.2.